The number of aliphatic hydroxyl groups is 1. The number of hydrogen-bond donors (Lipinski definition) is 1. The number of hydrogen-bond acceptors (Lipinski definition) is 4. The van der Waals surface area contributed by atoms with Crippen LogP contribution in [0.5, 0.6) is 0 Å². The van der Waals surface area contributed by atoms with Gasteiger partial charge in [-0.1, -0.05) is 13.8 Å². The van der Waals surface area contributed by atoms with Crippen LogP contribution in [0.3, 0.4) is 0 Å². The number of rotatable bonds is 5. The van der Waals surface area contributed by atoms with Crippen molar-refractivity contribution < 1.29 is 19.4 Å². The van der Waals surface area contributed by atoms with Crippen LogP contribution in [0.25, 0.3) is 0 Å². The number of esters is 1. The summed E-state index contributed by atoms with van der Waals surface area (Å²) in [5.41, 5.74) is -0.208. The number of nitrogens with zero attached hydrogens (tertiary/aromatic N) is 1. The quantitative estimate of drug-likeness (QED) is 0.740. The van der Waals surface area contributed by atoms with Gasteiger partial charge in [-0.3, -0.25) is 9.59 Å². The van der Waals surface area contributed by atoms with Gasteiger partial charge in [0.2, 0.25) is 5.91 Å². The monoisotopic (exact) mass is 257 g/mol. The molecule has 1 N–H and O–H groups in total. The van der Waals surface area contributed by atoms with E-state index in [4.69, 9.17) is 0 Å². The first-order chi connectivity index (χ1) is 8.32. The Hall–Kier alpha value is -1.10. The highest BCUT2D eigenvalue weighted by Gasteiger charge is 2.48. The average molecular weight is 257 g/mol. The average Bonchev–Trinajstić information content (AvgIpc) is 2.34. The van der Waals surface area contributed by atoms with Crippen LogP contribution in [-0.4, -0.2) is 48.2 Å². The molecular formula is C13H23NO4. The van der Waals surface area contributed by atoms with Gasteiger partial charge in [0.1, 0.15) is 6.54 Å². The van der Waals surface area contributed by atoms with E-state index in [-0.39, 0.29) is 29.9 Å². The van der Waals surface area contributed by atoms with Crippen molar-refractivity contribution in [1.82, 2.24) is 4.90 Å². The van der Waals surface area contributed by atoms with Gasteiger partial charge in [-0.2, -0.15) is 0 Å². The van der Waals surface area contributed by atoms with Crippen LogP contribution in [-0.2, 0) is 14.3 Å². The highest BCUT2D eigenvalue weighted by molar-refractivity contribution is 5.82. The zero-order valence-electron chi connectivity index (χ0n) is 11.6. The van der Waals surface area contributed by atoms with Gasteiger partial charge < -0.3 is 14.7 Å². The third-order valence-corrected chi connectivity index (χ3v) is 4.12. The number of carbonyl (C=O) groups excluding carboxylic acids is 2. The van der Waals surface area contributed by atoms with Crippen LogP contribution in [0.15, 0.2) is 0 Å². The SMILES string of the molecule is CCN(CC(=O)OC)C(=O)CC1CC(O)C1(C)C. The summed E-state index contributed by atoms with van der Waals surface area (Å²) in [4.78, 5) is 24.7. The molecular weight excluding hydrogens is 234 g/mol. The number of carbonyl (C=O) groups is 2. The Bertz CT molecular complexity index is 327. The van der Waals surface area contributed by atoms with E-state index in [1.165, 1.54) is 12.0 Å². The van der Waals surface area contributed by atoms with Gasteiger partial charge in [-0.25, -0.2) is 0 Å². The first-order valence-corrected chi connectivity index (χ1v) is 6.35. The smallest absolute Gasteiger partial charge is 0.325 e. The Morgan fingerprint density at radius 3 is 2.44 bits per heavy atom. The minimum Gasteiger partial charge on any atom is -0.468 e. The Kier molecular flexibility index (Phi) is 4.73. The molecule has 1 rings (SSSR count). The second kappa shape index (κ2) is 5.69. The normalized spacial score (nSPS) is 25.2. The van der Waals surface area contributed by atoms with E-state index >= 15 is 0 Å². The van der Waals surface area contributed by atoms with Crippen molar-refractivity contribution in [2.24, 2.45) is 11.3 Å². The van der Waals surface area contributed by atoms with Crippen LogP contribution in [0, 0.1) is 11.3 Å². The molecule has 0 aromatic rings. The Morgan fingerprint density at radius 1 is 1.44 bits per heavy atom. The van der Waals surface area contributed by atoms with E-state index < -0.39 is 5.97 Å². The van der Waals surface area contributed by atoms with Crippen LogP contribution in [0.1, 0.15) is 33.6 Å². The van der Waals surface area contributed by atoms with Gasteiger partial charge in [-0.05, 0) is 24.7 Å². The molecule has 1 saturated carbocycles. The maximum Gasteiger partial charge on any atom is 0.325 e. The third-order valence-electron chi connectivity index (χ3n) is 4.12. The van der Waals surface area contributed by atoms with Gasteiger partial charge in [0.05, 0.1) is 13.2 Å². The van der Waals surface area contributed by atoms with Crippen molar-refractivity contribution in [2.75, 3.05) is 20.2 Å². The van der Waals surface area contributed by atoms with E-state index in [1.807, 2.05) is 20.8 Å². The predicted octanol–water partition coefficient (Wildman–Crippen LogP) is 0.805. The van der Waals surface area contributed by atoms with E-state index in [0.717, 1.165) is 0 Å². The molecule has 0 aromatic carbocycles. The standard InChI is InChI=1S/C13H23NO4/c1-5-14(8-12(17)18-4)11(16)7-9-6-10(15)13(9,2)3/h9-10,15H,5-8H2,1-4H3. The van der Waals surface area contributed by atoms with E-state index in [2.05, 4.69) is 4.74 Å². The molecule has 2 atom stereocenters. The minimum absolute atomic E-state index is 0.00152. The summed E-state index contributed by atoms with van der Waals surface area (Å²) in [7, 11) is 1.31. The number of aliphatic hydroxyl groups excluding tert-OH is 1. The van der Waals surface area contributed by atoms with E-state index in [9.17, 15) is 14.7 Å². The lowest BCUT2D eigenvalue weighted by Crippen LogP contribution is -2.51. The van der Waals surface area contributed by atoms with Gasteiger partial charge in [0.15, 0.2) is 0 Å². The Balaban J connectivity index is 2.51. The molecule has 1 amide bonds. The lowest BCUT2D eigenvalue weighted by Gasteiger charge is -2.49. The summed E-state index contributed by atoms with van der Waals surface area (Å²) in [6.45, 7) is 6.26. The summed E-state index contributed by atoms with van der Waals surface area (Å²) in [6, 6.07) is 0. The fraction of sp³-hybridized carbons (Fsp3) is 0.846. The topological polar surface area (TPSA) is 66.8 Å². The first-order valence-electron chi connectivity index (χ1n) is 6.35. The van der Waals surface area contributed by atoms with Crippen LogP contribution in [0.2, 0.25) is 0 Å². The van der Waals surface area contributed by atoms with E-state index in [0.29, 0.717) is 19.4 Å². The molecule has 0 saturated heterocycles. The van der Waals surface area contributed by atoms with Crippen molar-refractivity contribution in [3.63, 3.8) is 0 Å². The van der Waals surface area contributed by atoms with Crippen molar-refractivity contribution in [3.05, 3.63) is 0 Å². The molecule has 2 unspecified atom stereocenters. The molecule has 0 heterocycles. The summed E-state index contributed by atoms with van der Waals surface area (Å²) < 4.78 is 4.56. The number of ether oxygens (including phenoxy) is 1. The minimum atomic E-state index is -0.405. The second-order valence-corrected chi connectivity index (χ2v) is 5.46. The fourth-order valence-electron chi connectivity index (χ4n) is 2.27. The second-order valence-electron chi connectivity index (χ2n) is 5.46. The zero-order valence-corrected chi connectivity index (χ0v) is 11.6. The highest BCUT2D eigenvalue weighted by atomic mass is 16.5. The molecule has 1 aliphatic rings. The number of likely N-dealkylation sites (N-methyl/N-ethyl adjacent to an activating group) is 1. The molecule has 0 aromatic heterocycles. The molecule has 1 aliphatic carbocycles. The summed E-state index contributed by atoms with van der Waals surface area (Å²) in [6.07, 6.45) is 0.717. The van der Waals surface area contributed by atoms with Crippen molar-refractivity contribution in [2.45, 2.75) is 39.7 Å². The molecule has 104 valence electrons. The molecule has 5 nitrogen and oxygen atoms in total. The van der Waals surface area contributed by atoms with Gasteiger partial charge in [0, 0.05) is 13.0 Å². The van der Waals surface area contributed by atoms with Crippen LogP contribution < -0.4 is 0 Å². The Morgan fingerprint density at radius 2 is 2.06 bits per heavy atom. The van der Waals surface area contributed by atoms with E-state index in [1.54, 1.807) is 0 Å². The largest absolute Gasteiger partial charge is 0.468 e. The summed E-state index contributed by atoms with van der Waals surface area (Å²) in [5.74, 6) is -0.266. The Labute approximate surface area is 108 Å². The van der Waals surface area contributed by atoms with Crippen molar-refractivity contribution in [3.8, 4) is 0 Å². The van der Waals surface area contributed by atoms with Gasteiger partial charge >= 0.3 is 5.97 Å². The first kappa shape index (κ1) is 15.0. The molecule has 0 aliphatic heterocycles. The number of methoxy groups -OCH3 is 1. The lowest BCUT2D eigenvalue weighted by molar-refractivity contribution is -0.151. The maximum absolute atomic E-state index is 12.1. The van der Waals surface area contributed by atoms with Crippen molar-refractivity contribution >= 4 is 11.9 Å². The highest BCUT2D eigenvalue weighted by Crippen LogP contribution is 2.48. The molecule has 0 bridgehead atoms. The molecule has 0 radical (unpaired) electrons. The van der Waals surface area contributed by atoms with Crippen LogP contribution >= 0.6 is 0 Å². The third kappa shape index (κ3) is 3.02. The molecule has 18 heavy (non-hydrogen) atoms. The number of amides is 1. The summed E-state index contributed by atoms with van der Waals surface area (Å²) in [5, 5.41) is 9.64. The van der Waals surface area contributed by atoms with Crippen molar-refractivity contribution in [1.29, 1.82) is 0 Å². The van der Waals surface area contributed by atoms with Gasteiger partial charge in [-0.15, -0.1) is 0 Å². The molecule has 1 fully saturated rings. The lowest BCUT2D eigenvalue weighted by atomic mass is 9.59. The molecule has 5 heteroatoms. The maximum atomic E-state index is 12.1. The molecule has 0 spiro atoms. The van der Waals surface area contributed by atoms with Crippen LogP contribution in [0.4, 0.5) is 0 Å². The zero-order chi connectivity index (χ0) is 13.9. The summed E-state index contributed by atoms with van der Waals surface area (Å²) >= 11 is 0. The predicted molar refractivity (Wildman–Crippen MR) is 66.8 cm³/mol. The van der Waals surface area contributed by atoms with Gasteiger partial charge in [0.25, 0.3) is 0 Å². The fourth-order valence-corrected chi connectivity index (χ4v) is 2.27.